The van der Waals surface area contributed by atoms with Crippen molar-refractivity contribution >= 4 is 17.3 Å². The number of ether oxygens (including phenoxy) is 1. The first-order valence-electron chi connectivity index (χ1n) is 5.66. The molecule has 0 fully saturated rings. The summed E-state index contributed by atoms with van der Waals surface area (Å²) in [7, 11) is 0. The Morgan fingerprint density at radius 1 is 1.53 bits per heavy atom. The molecule has 0 bridgehead atoms. The molecular formula is C11H13N3O4S. The van der Waals surface area contributed by atoms with E-state index >= 15 is 0 Å². The molecule has 102 valence electrons. The van der Waals surface area contributed by atoms with Crippen LogP contribution in [-0.4, -0.2) is 20.7 Å². The van der Waals surface area contributed by atoms with Gasteiger partial charge in [0.05, 0.1) is 6.42 Å². The molecular weight excluding hydrogens is 270 g/mol. The Morgan fingerprint density at radius 2 is 2.32 bits per heavy atom. The van der Waals surface area contributed by atoms with Crippen LogP contribution in [-0.2, 0) is 22.7 Å². The molecule has 2 heterocycles. The van der Waals surface area contributed by atoms with E-state index in [0.717, 1.165) is 17.0 Å². The van der Waals surface area contributed by atoms with Crippen molar-refractivity contribution in [3.63, 3.8) is 0 Å². The van der Waals surface area contributed by atoms with E-state index in [2.05, 4.69) is 10.1 Å². The molecule has 0 spiro atoms. The standard InChI is InChI=1S/C11H13N3O4S/c1-7-6-19-11(16)14(7)4-3-10(15)17-5-9-12-8(2)13-18-9/h6H,3-5H2,1-2H3. The van der Waals surface area contributed by atoms with Gasteiger partial charge < -0.3 is 13.8 Å². The minimum absolute atomic E-state index is 0.0445. The van der Waals surface area contributed by atoms with Gasteiger partial charge in [0.2, 0.25) is 0 Å². The number of aryl methyl sites for hydroxylation is 2. The molecule has 2 aromatic rings. The highest BCUT2D eigenvalue weighted by molar-refractivity contribution is 7.07. The van der Waals surface area contributed by atoms with Crippen molar-refractivity contribution in [3.05, 3.63) is 32.5 Å². The molecule has 0 atom stereocenters. The number of nitrogens with zero attached hydrogens (tertiary/aromatic N) is 3. The van der Waals surface area contributed by atoms with E-state index in [-0.39, 0.29) is 23.8 Å². The predicted octanol–water partition coefficient (Wildman–Crippen LogP) is 1.04. The van der Waals surface area contributed by atoms with E-state index in [4.69, 9.17) is 9.26 Å². The molecule has 0 saturated carbocycles. The number of aromatic nitrogens is 3. The summed E-state index contributed by atoms with van der Waals surface area (Å²) in [5.41, 5.74) is 0.843. The number of hydrogen-bond donors (Lipinski definition) is 0. The minimum atomic E-state index is -0.409. The van der Waals surface area contributed by atoms with Crippen molar-refractivity contribution in [1.82, 2.24) is 14.7 Å². The molecule has 0 unspecified atom stereocenters. The highest BCUT2D eigenvalue weighted by Crippen LogP contribution is 2.03. The molecule has 8 heteroatoms. The molecule has 7 nitrogen and oxygen atoms in total. The van der Waals surface area contributed by atoms with Crippen molar-refractivity contribution in [2.24, 2.45) is 0 Å². The van der Waals surface area contributed by atoms with Crippen molar-refractivity contribution in [2.75, 3.05) is 0 Å². The van der Waals surface area contributed by atoms with Gasteiger partial charge in [0.25, 0.3) is 5.89 Å². The lowest BCUT2D eigenvalue weighted by molar-refractivity contribution is -0.146. The Bertz CT molecular complexity index is 628. The molecule has 0 saturated heterocycles. The zero-order valence-corrected chi connectivity index (χ0v) is 11.4. The number of rotatable bonds is 5. The average molecular weight is 283 g/mol. The second kappa shape index (κ2) is 5.79. The lowest BCUT2D eigenvalue weighted by atomic mass is 10.4. The maximum Gasteiger partial charge on any atom is 0.308 e. The zero-order valence-electron chi connectivity index (χ0n) is 10.6. The monoisotopic (exact) mass is 283 g/mol. The molecule has 0 aliphatic rings. The highest BCUT2D eigenvalue weighted by atomic mass is 32.1. The third-order valence-corrected chi connectivity index (χ3v) is 3.32. The smallest absolute Gasteiger partial charge is 0.308 e. The largest absolute Gasteiger partial charge is 0.456 e. The summed E-state index contributed by atoms with van der Waals surface area (Å²) in [6.45, 7) is 3.78. The lowest BCUT2D eigenvalue weighted by Crippen LogP contribution is -2.17. The van der Waals surface area contributed by atoms with Crippen LogP contribution in [0.1, 0.15) is 23.8 Å². The quantitative estimate of drug-likeness (QED) is 0.762. The van der Waals surface area contributed by atoms with E-state index < -0.39 is 5.97 Å². The zero-order chi connectivity index (χ0) is 13.8. The topological polar surface area (TPSA) is 87.2 Å². The van der Waals surface area contributed by atoms with Gasteiger partial charge in [0.1, 0.15) is 0 Å². The van der Waals surface area contributed by atoms with E-state index in [9.17, 15) is 9.59 Å². The first-order valence-corrected chi connectivity index (χ1v) is 6.54. The Labute approximate surface area is 112 Å². The fourth-order valence-corrected chi connectivity index (χ4v) is 2.25. The van der Waals surface area contributed by atoms with Crippen molar-refractivity contribution in [3.8, 4) is 0 Å². The molecule has 2 rings (SSSR count). The maximum atomic E-state index is 11.5. The summed E-state index contributed by atoms with van der Waals surface area (Å²) in [6.07, 6.45) is 0.130. The Morgan fingerprint density at radius 3 is 2.89 bits per heavy atom. The van der Waals surface area contributed by atoms with E-state index in [0.29, 0.717) is 12.4 Å². The maximum absolute atomic E-state index is 11.5. The number of carbonyl (C=O) groups excluding carboxylic acids is 1. The number of hydrogen-bond acceptors (Lipinski definition) is 7. The lowest BCUT2D eigenvalue weighted by Gasteiger charge is -2.04. The molecule has 19 heavy (non-hydrogen) atoms. The fraction of sp³-hybridized carbons (Fsp3) is 0.455. The van der Waals surface area contributed by atoms with Crippen LogP contribution < -0.4 is 4.87 Å². The van der Waals surface area contributed by atoms with Crippen molar-refractivity contribution < 1.29 is 14.1 Å². The van der Waals surface area contributed by atoms with Crippen LogP contribution in [0.25, 0.3) is 0 Å². The van der Waals surface area contributed by atoms with Gasteiger partial charge >= 0.3 is 10.8 Å². The summed E-state index contributed by atoms with van der Waals surface area (Å²) in [6, 6.07) is 0. The SMILES string of the molecule is Cc1noc(COC(=O)CCn2c(C)csc2=O)n1. The van der Waals surface area contributed by atoms with Crippen LogP contribution in [0.3, 0.4) is 0 Å². The van der Waals surface area contributed by atoms with Crippen LogP contribution >= 0.6 is 11.3 Å². The molecule has 0 aliphatic carbocycles. The van der Waals surface area contributed by atoms with Gasteiger partial charge in [0, 0.05) is 17.6 Å². The molecule has 2 aromatic heterocycles. The van der Waals surface area contributed by atoms with Gasteiger partial charge in [-0.05, 0) is 13.8 Å². The van der Waals surface area contributed by atoms with Crippen LogP contribution in [0.15, 0.2) is 14.7 Å². The first kappa shape index (κ1) is 13.5. The number of carbonyl (C=O) groups is 1. The third kappa shape index (κ3) is 3.50. The van der Waals surface area contributed by atoms with Gasteiger partial charge in [-0.2, -0.15) is 4.98 Å². The van der Waals surface area contributed by atoms with Gasteiger partial charge in [-0.1, -0.05) is 16.5 Å². The van der Waals surface area contributed by atoms with Crippen molar-refractivity contribution in [1.29, 1.82) is 0 Å². The fourth-order valence-electron chi connectivity index (χ4n) is 1.49. The van der Waals surface area contributed by atoms with E-state index in [1.54, 1.807) is 16.9 Å². The Balaban J connectivity index is 1.80. The van der Waals surface area contributed by atoms with Gasteiger partial charge in [-0.15, -0.1) is 0 Å². The molecule has 0 N–H and O–H groups in total. The molecule has 0 amide bonds. The second-order valence-electron chi connectivity index (χ2n) is 3.94. The summed E-state index contributed by atoms with van der Waals surface area (Å²) < 4.78 is 11.3. The van der Waals surface area contributed by atoms with Crippen molar-refractivity contribution in [2.45, 2.75) is 33.4 Å². The number of thiazole rings is 1. The predicted molar refractivity (Wildman–Crippen MR) is 66.8 cm³/mol. The summed E-state index contributed by atoms with van der Waals surface area (Å²) >= 11 is 1.12. The average Bonchev–Trinajstić information content (AvgIpc) is 2.92. The van der Waals surface area contributed by atoms with E-state index in [1.165, 1.54) is 0 Å². The number of esters is 1. The Hall–Kier alpha value is -1.96. The Kier molecular flexibility index (Phi) is 4.10. The molecule has 0 aromatic carbocycles. The summed E-state index contributed by atoms with van der Waals surface area (Å²) in [4.78, 5) is 26.8. The van der Waals surface area contributed by atoms with Crippen LogP contribution in [0.4, 0.5) is 0 Å². The van der Waals surface area contributed by atoms with Gasteiger partial charge in [-0.3, -0.25) is 9.59 Å². The van der Waals surface area contributed by atoms with Gasteiger partial charge in [0.15, 0.2) is 12.4 Å². The summed E-state index contributed by atoms with van der Waals surface area (Å²) in [5, 5.41) is 5.34. The molecule has 0 radical (unpaired) electrons. The first-order chi connectivity index (χ1) is 9.06. The van der Waals surface area contributed by atoms with Gasteiger partial charge in [-0.25, -0.2) is 0 Å². The molecule has 0 aliphatic heterocycles. The van der Waals surface area contributed by atoms with E-state index in [1.807, 2.05) is 6.92 Å². The second-order valence-corrected chi connectivity index (χ2v) is 4.76. The summed E-state index contributed by atoms with van der Waals surface area (Å²) in [5.74, 6) is 0.342. The van der Waals surface area contributed by atoms with Crippen LogP contribution in [0.5, 0.6) is 0 Å². The van der Waals surface area contributed by atoms with Crippen LogP contribution in [0.2, 0.25) is 0 Å². The highest BCUT2D eigenvalue weighted by Gasteiger charge is 2.10. The van der Waals surface area contributed by atoms with Crippen LogP contribution in [0, 0.1) is 13.8 Å². The normalized spacial score (nSPS) is 10.6. The third-order valence-electron chi connectivity index (χ3n) is 2.44. The minimum Gasteiger partial charge on any atom is -0.456 e.